The first-order chi connectivity index (χ1) is 11.0. The molecule has 0 spiro atoms. The molecule has 7 heteroatoms. The lowest BCUT2D eigenvalue weighted by Crippen LogP contribution is -2.56. The number of nitrogens with zero attached hydrogens (tertiary/aromatic N) is 1. The van der Waals surface area contributed by atoms with Crippen LogP contribution in [0.4, 0.5) is 0 Å². The van der Waals surface area contributed by atoms with Crippen LogP contribution in [0.25, 0.3) is 0 Å². The maximum absolute atomic E-state index is 12.7. The molecule has 1 saturated carbocycles. The van der Waals surface area contributed by atoms with Crippen LogP contribution in [-0.2, 0) is 14.9 Å². The standard InChI is InChI=1S/C16H31N3O3S/c1-22-13-16(8-4-9-17-16)12-18-23(20,21)19-10-7-14-5-2-3-6-15(14)11-19/h14-15,17-18H,2-13H2,1H3. The molecule has 0 amide bonds. The first kappa shape index (κ1) is 17.6. The Labute approximate surface area is 140 Å². The molecule has 0 bridgehead atoms. The molecule has 1 aliphatic carbocycles. The van der Waals surface area contributed by atoms with Gasteiger partial charge in [0, 0.05) is 26.7 Å². The topological polar surface area (TPSA) is 70.7 Å². The van der Waals surface area contributed by atoms with Crippen molar-refractivity contribution in [3.05, 3.63) is 0 Å². The maximum Gasteiger partial charge on any atom is 0.279 e. The first-order valence-corrected chi connectivity index (χ1v) is 10.5. The third-order valence-corrected chi connectivity index (χ3v) is 7.46. The van der Waals surface area contributed by atoms with Crippen LogP contribution in [0.15, 0.2) is 0 Å². The highest BCUT2D eigenvalue weighted by Gasteiger charge is 2.38. The van der Waals surface area contributed by atoms with Gasteiger partial charge in [0.2, 0.25) is 0 Å². The molecule has 0 radical (unpaired) electrons. The molecule has 0 aromatic heterocycles. The predicted molar refractivity (Wildman–Crippen MR) is 90.4 cm³/mol. The summed E-state index contributed by atoms with van der Waals surface area (Å²) in [4.78, 5) is 0. The van der Waals surface area contributed by atoms with E-state index in [2.05, 4.69) is 10.0 Å². The van der Waals surface area contributed by atoms with E-state index in [1.165, 1.54) is 25.7 Å². The van der Waals surface area contributed by atoms with E-state index in [-0.39, 0.29) is 5.54 Å². The molecule has 3 rings (SSSR count). The van der Waals surface area contributed by atoms with Gasteiger partial charge >= 0.3 is 0 Å². The average Bonchev–Trinajstić information content (AvgIpc) is 3.02. The summed E-state index contributed by atoms with van der Waals surface area (Å²) in [6, 6.07) is 0. The van der Waals surface area contributed by atoms with E-state index in [1.807, 2.05) is 0 Å². The lowest BCUT2D eigenvalue weighted by Gasteiger charge is -2.41. The van der Waals surface area contributed by atoms with Gasteiger partial charge in [-0.1, -0.05) is 19.3 Å². The summed E-state index contributed by atoms with van der Waals surface area (Å²) < 4.78 is 35.2. The second-order valence-corrected chi connectivity index (χ2v) is 9.28. The van der Waals surface area contributed by atoms with E-state index in [9.17, 15) is 8.42 Å². The molecule has 3 fully saturated rings. The minimum absolute atomic E-state index is 0.245. The molecule has 2 saturated heterocycles. The van der Waals surface area contributed by atoms with Gasteiger partial charge < -0.3 is 10.1 Å². The third kappa shape index (κ3) is 4.07. The van der Waals surface area contributed by atoms with Gasteiger partial charge in [0.15, 0.2) is 0 Å². The Morgan fingerprint density at radius 1 is 1.22 bits per heavy atom. The quantitative estimate of drug-likeness (QED) is 0.756. The lowest BCUT2D eigenvalue weighted by molar-refractivity contribution is 0.120. The van der Waals surface area contributed by atoms with Crippen molar-refractivity contribution in [1.82, 2.24) is 14.3 Å². The Morgan fingerprint density at radius 3 is 2.70 bits per heavy atom. The molecular formula is C16H31N3O3S. The zero-order chi connectivity index (χ0) is 16.3. The highest BCUT2D eigenvalue weighted by atomic mass is 32.2. The van der Waals surface area contributed by atoms with Crippen molar-refractivity contribution < 1.29 is 13.2 Å². The second kappa shape index (κ2) is 7.35. The summed E-state index contributed by atoms with van der Waals surface area (Å²) in [6.45, 7) is 3.25. The van der Waals surface area contributed by atoms with E-state index < -0.39 is 10.2 Å². The van der Waals surface area contributed by atoms with Crippen molar-refractivity contribution in [2.24, 2.45) is 11.8 Å². The van der Waals surface area contributed by atoms with Crippen molar-refractivity contribution in [2.45, 2.75) is 50.5 Å². The molecule has 3 atom stereocenters. The van der Waals surface area contributed by atoms with Gasteiger partial charge in [-0.25, -0.2) is 4.72 Å². The van der Waals surface area contributed by atoms with Crippen molar-refractivity contribution >= 4 is 10.2 Å². The summed E-state index contributed by atoms with van der Waals surface area (Å²) in [5.41, 5.74) is -0.245. The third-order valence-electron chi connectivity index (χ3n) is 5.94. The normalized spacial score (nSPS) is 36.0. The van der Waals surface area contributed by atoms with Crippen molar-refractivity contribution in [3.8, 4) is 0 Å². The van der Waals surface area contributed by atoms with E-state index in [1.54, 1.807) is 11.4 Å². The summed E-state index contributed by atoms with van der Waals surface area (Å²) in [5, 5.41) is 3.42. The van der Waals surface area contributed by atoms with Gasteiger partial charge in [-0.3, -0.25) is 0 Å². The molecule has 0 aromatic carbocycles. The molecule has 3 unspecified atom stereocenters. The number of fused-ring (bicyclic) bond motifs is 1. The summed E-state index contributed by atoms with van der Waals surface area (Å²) in [5.74, 6) is 1.30. The number of hydrogen-bond donors (Lipinski definition) is 2. The van der Waals surface area contributed by atoms with Crippen LogP contribution in [0.5, 0.6) is 0 Å². The minimum Gasteiger partial charge on any atom is -0.383 e. The Hall–Kier alpha value is -0.210. The number of rotatable bonds is 6. The highest BCUT2D eigenvalue weighted by molar-refractivity contribution is 7.87. The van der Waals surface area contributed by atoms with Gasteiger partial charge in [0.05, 0.1) is 12.1 Å². The number of piperidine rings is 1. The summed E-state index contributed by atoms with van der Waals surface area (Å²) in [7, 11) is -1.72. The zero-order valence-electron chi connectivity index (χ0n) is 14.2. The fraction of sp³-hybridized carbons (Fsp3) is 1.00. The zero-order valence-corrected chi connectivity index (χ0v) is 15.0. The Balaban J connectivity index is 1.58. The van der Waals surface area contributed by atoms with Crippen molar-refractivity contribution in [3.63, 3.8) is 0 Å². The molecule has 0 aromatic rings. The molecule has 2 aliphatic heterocycles. The van der Waals surface area contributed by atoms with Crippen LogP contribution in [0.3, 0.4) is 0 Å². The largest absolute Gasteiger partial charge is 0.383 e. The van der Waals surface area contributed by atoms with E-state index in [0.29, 0.717) is 32.2 Å². The Bertz CT molecular complexity index is 491. The second-order valence-electron chi connectivity index (χ2n) is 7.52. The molecule has 2 N–H and O–H groups in total. The first-order valence-electron chi connectivity index (χ1n) is 9.03. The van der Waals surface area contributed by atoms with Gasteiger partial charge in [-0.2, -0.15) is 12.7 Å². The molecular weight excluding hydrogens is 314 g/mol. The van der Waals surface area contributed by atoms with Crippen LogP contribution < -0.4 is 10.0 Å². The average molecular weight is 346 g/mol. The van der Waals surface area contributed by atoms with E-state index in [4.69, 9.17) is 4.74 Å². The molecule has 6 nitrogen and oxygen atoms in total. The molecule has 2 heterocycles. The van der Waals surface area contributed by atoms with Crippen LogP contribution in [0.2, 0.25) is 0 Å². The smallest absolute Gasteiger partial charge is 0.279 e. The maximum atomic E-state index is 12.7. The number of ether oxygens (including phenoxy) is 1. The monoisotopic (exact) mass is 345 g/mol. The Morgan fingerprint density at radius 2 is 2.00 bits per heavy atom. The molecule has 23 heavy (non-hydrogen) atoms. The Kier molecular flexibility index (Phi) is 5.63. The van der Waals surface area contributed by atoms with Crippen molar-refractivity contribution in [1.29, 1.82) is 0 Å². The van der Waals surface area contributed by atoms with Crippen molar-refractivity contribution in [2.75, 3.05) is 39.9 Å². The van der Waals surface area contributed by atoms with Gasteiger partial charge in [0.1, 0.15) is 0 Å². The molecule has 3 aliphatic rings. The van der Waals surface area contributed by atoms with Gasteiger partial charge in [-0.05, 0) is 44.1 Å². The van der Waals surface area contributed by atoms with Crippen LogP contribution in [-0.4, -0.2) is 58.2 Å². The predicted octanol–water partition coefficient (Wildman–Crippen LogP) is 1.10. The molecule has 134 valence electrons. The van der Waals surface area contributed by atoms with E-state index >= 15 is 0 Å². The number of hydrogen-bond acceptors (Lipinski definition) is 4. The fourth-order valence-electron chi connectivity index (χ4n) is 4.58. The minimum atomic E-state index is -3.39. The number of nitrogens with one attached hydrogen (secondary N) is 2. The van der Waals surface area contributed by atoms with Gasteiger partial charge in [0.25, 0.3) is 10.2 Å². The SMILES string of the molecule is COCC1(CNS(=O)(=O)N2CCC3CCCCC3C2)CCCN1. The van der Waals surface area contributed by atoms with E-state index in [0.717, 1.165) is 31.7 Å². The van der Waals surface area contributed by atoms with Gasteiger partial charge in [-0.15, -0.1) is 0 Å². The van der Waals surface area contributed by atoms with Crippen LogP contribution in [0, 0.1) is 11.8 Å². The summed E-state index contributed by atoms with van der Waals surface area (Å²) in [6.07, 6.45) is 8.08. The van der Waals surface area contributed by atoms with Crippen LogP contribution in [0.1, 0.15) is 44.9 Å². The lowest BCUT2D eigenvalue weighted by atomic mass is 9.76. The van der Waals surface area contributed by atoms with Crippen LogP contribution >= 0.6 is 0 Å². The summed E-state index contributed by atoms with van der Waals surface area (Å²) >= 11 is 0. The highest BCUT2D eigenvalue weighted by Crippen LogP contribution is 2.36. The number of methoxy groups -OCH3 is 1. The fourth-order valence-corrected chi connectivity index (χ4v) is 5.95.